The summed E-state index contributed by atoms with van der Waals surface area (Å²) >= 11 is 1.72. The quantitative estimate of drug-likeness (QED) is 0.644. The van der Waals surface area contributed by atoms with Gasteiger partial charge in [-0.1, -0.05) is 12.1 Å². The van der Waals surface area contributed by atoms with Crippen LogP contribution in [0.5, 0.6) is 0 Å². The molecular weight excluding hydrogens is 216 g/mol. The maximum Gasteiger partial charge on any atom is 0.0880 e. The molecule has 0 saturated heterocycles. The molecule has 0 unspecified atom stereocenters. The minimum Gasteiger partial charge on any atom is -0.399 e. The molecule has 2 heterocycles. The van der Waals surface area contributed by atoms with Gasteiger partial charge in [0.05, 0.1) is 10.4 Å². The number of rotatable bonds is 1. The van der Waals surface area contributed by atoms with E-state index < -0.39 is 0 Å². The van der Waals surface area contributed by atoms with Crippen molar-refractivity contribution >= 4 is 27.1 Å². The average molecular weight is 226 g/mol. The Labute approximate surface area is 97.4 Å². The van der Waals surface area contributed by atoms with Gasteiger partial charge in [-0.25, -0.2) is 0 Å². The highest BCUT2D eigenvalue weighted by Crippen LogP contribution is 2.30. The summed E-state index contributed by atoms with van der Waals surface area (Å²) < 4.78 is 1.23. The number of fused-ring (bicyclic) bond motifs is 1. The van der Waals surface area contributed by atoms with Crippen LogP contribution in [0.25, 0.3) is 21.3 Å². The van der Waals surface area contributed by atoms with Gasteiger partial charge < -0.3 is 5.73 Å². The zero-order valence-electron chi connectivity index (χ0n) is 8.55. The molecule has 0 saturated carbocycles. The van der Waals surface area contributed by atoms with E-state index in [1.807, 2.05) is 36.5 Å². The molecule has 0 aliphatic rings. The molecule has 0 aliphatic heterocycles. The molecule has 0 atom stereocenters. The molecule has 16 heavy (non-hydrogen) atoms. The number of thiophene rings is 1. The monoisotopic (exact) mass is 226 g/mol. The Morgan fingerprint density at radius 1 is 1.00 bits per heavy atom. The second kappa shape index (κ2) is 3.61. The zero-order valence-corrected chi connectivity index (χ0v) is 9.37. The lowest BCUT2D eigenvalue weighted by Gasteiger charge is -2.02. The van der Waals surface area contributed by atoms with Crippen molar-refractivity contribution in [1.82, 2.24) is 4.98 Å². The van der Waals surface area contributed by atoms with Crippen molar-refractivity contribution in [3.8, 4) is 11.3 Å². The van der Waals surface area contributed by atoms with Crippen LogP contribution < -0.4 is 5.73 Å². The Kier molecular flexibility index (Phi) is 2.11. The maximum atomic E-state index is 5.68. The minimum atomic E-state index is 0.780. The van der Waals surface area contributed by atoms with Crippen molar-refractivity contribution in [1.29, 1.82) is 0 Å². The van der Waals surface area contributed by atoms with Crippen molar-refractivity contribution < 1.29 is 0 Å². The van der Waals surface area contributed by atoms with Crippen LogP contribution in [0, 0.1) is 0 Å². The highest BCUT2D eigenvalue weighted by Gasteiger charge is 2.05. The molecule has 0 spiro atoms. The van der Waals surface area contributed by atoms with E-state index in [0.717, 1.165) is 16.9 Å². The van der Waals surface area contributed by atoms with Crippen LogP contribution in [0.15, 0.2) is 48.0 Å². The summed E-state index contributed by atoms with van der Waals surface area (Å²) in [6.45, 7) is 0. The predicted molar refractivity (Wildman–Crippen MR) is 69.5 cm³/mol. The summed E-state index contributed by atoms with van der Waals surface area (Å²) in [5.41, 5.74) is 8.61. The smallest absolute Gasteiger partial charge is 0.0880 e. The molecule has 2 nitrogen and oxygen atoms in total. The highest BCUT2D eigenvalue weighted by atomic mass is 32.1. The van der Waals surface area contributed by atoms with E-state index in [1.165, 1.54) is 10.1 Å². The van der Waals surface area contributed by atoms with E-state index in [0.29, 0.717) is 0 Å². The summed E-state index contributed by atoms with van der Waals surface area (Å²) in [7, 11) is 0. The number of nitrogens with two attached hydrogens (primary N) is 1. The van der Waals surface area contributed by atoms with Crippen LogP contribution in [-0.2, 0) is 0 Å². The van der Waals surface area contributed by atoms with Crippen LogP contribution >= 0.6 is 11.3 Å². The van der Waals surface area contributed by atoms with Crippen molar-refractivity contribution in [3.63, 3.8) is 0 Å². The van der Waals surface area contributed by atoms with Gasteiger partial charge in [-0.05, 0) is 35.0 Å². The van der Waals surface area contributed by atoms with Crippen molar-refractivity contribution in [2.24, 2.45) is 0 Å². The van der Waals surface area contributed by atoms with Gasteiger partial charge in [0.2, 0.25) is 0 Å². The number of benzene rings is 1. The minimum absolute atomic E-state index is 0.780. The van der Waals surface area contributed by atoms with Gasteiger partial charge >= 0.3 is 0 Å². The summed E-state index contributed by atoms with van der Waals surface area (Å²) in [6.07, 6.45) is 1.85. The Hall–Kier alpha value is -1.87. The third-order valence-electron chi connectivity index (χ3n) is 2.55. The van der Waals surface area contributed by atoms with E-state index in [4.69, 9.17) is 5.73 Å². The fourth-order valence-corrected chi connectivity index (χ4v) is 2.65. The van der Waals surface area contributed by atoms with Gasteiger partial charge in [0.1, 0.15) is 0 Å². The van der Waals surface area contributed by atoms with Crippen LogP contribution in [0.4, 0.5) is 5.69 Å². The van der Waals surface area contributed by atoms with E-state index >= 15 is 0 Å². The average Bonchev–Trinajstić information content (AvgIpc) is 2.78. The van der Waals surface area contributed by atoms with Gasteiger partial charge in [-0.2, -0.15) is 0 Å². The van der Waals surface area contributed by atoms with Crippen LogP contribution in [0.3, 0.4) is 0 Å². The third kappa shape index (κ3) is 1.46. The van der Waals surface area contributed by atoms with Gasteiger partial charge in [0, 0.05) is 17.4 Å². The first kappa shape index (κ1) is 9.36. The van der Waals surface area contributed by atoms with E-state index in [9.17, 15) is 0 Å². The number of anilines is 1. The van der Waals surface area contributed by atoms with E-state index in [-0.39, 0.29) is 0 Å². The first-order valence-corrected chi connectivity index (χ1v) is 5.91. The molecule has 0 radical (unpaired) electrons. The lowest BCUT2D eigenvalue weighted by atomic mass is 10.1. The number of nitrogen functional groups attached to an aromatic ring is 1. The fourth-order valence-electron chi connectivity index (χ4n) is 1.74. The lowest BCUT2D eigenvalue weighted by Crippen LogP contribution is -1.86. The molecule has 2 aromatic heterocycles. The van der Waals surface area contributed by atoms with Gasteiger partial charge in [-0.3, -0.25) is 4.98 Å². The Morgan fingerprint density at radius 2 is 1.81 bits per heavy atom. The summed E-state index contributed by atoms with van der Waals surface area (Å²) in [5.74, 6) is 0. The van der Waals surface area contributed by atoms with Crippen LogP contribution in [0.1, 0.15) is 0 Å². The van der Waals surface area contributed by atoms with E-state index in [2.05, 4.69) is 16.4 Å². The SMILES string of the molecule is Nc1ccc(-c2nccc3ccsc23)cc1. The first-order chi connectivity index (χ1) is 7.84. The summed E-state index contributed by atoms with van der Waals surface area (Å²) in [4.78, 5) is 4.45. The number of hydrogen-bond donors (Lipinski definition) is 1. The number of pyridine rings is 1. The summed E-state index contributed by atoms with van der Waals surface area (Å²) in [6, 6.07) is 12.0. The second-order valence-corrected chi connectivity index (χ2v) is 4.54. The fraction of sp³-hybridized carbons (Fsp3) is 0. The van der Waals surface area contributed by atoms with Crippen molar-refractivity contribution in [3.05, 3.63) is 48.0 Å². The third-order valence-corrected chi connectivity index (χ3v) is 3.49. The molecule has 0 aliphatic carbocycles. The molecule has 3 rings (SSSR count). The van der Waals surface area contributed by atoms with Gasteiger partial charge in [0.15, 0.2) is 0 Å². The molecule has 0 fully saturated rings. The Bertz CT molecular complexity index is 626. The molecule has 3 aromatic rings. The molecule has 78 valence electrons. The second-order valence-electron chi connectivity index (χ2n) is 3.62. The van der Waals surface area contributed by atoms with Crippen molar-refractivity contribution in [2.45, 2.75) is 0 Å². The summed E-state index contributed by atoms with van der Waals surface area (Å²) in [5, 5.41) is 3.33. The molecular formula is C13H10N2S. The number of hydrogen-bond acceptors (Lipinski definition) is 3. The Balaban J connectivity index is 2.25. The molecule has 3 heteroatoms. The van der Waals surface area contributed by atoms with Crippen molar-refractivity contribution in [2.75, 3.05) is 5.73 Å². The maximum absolute atomic E-state index is 5.68. The van der Waals surface area contributed by atoms with E-state index in [1.54, 1.807) is 11.3 Å². The predicted octanol–water partition coefficient (Wildman–Crippen LogP) is 3.55. The van der Waals surface area contributed by atoms with Crippen LogP contribution in [-0.4, -0.2) is 4.98 Å². The van der Waals surface area contributed by atoms with Crippen LogP contribution in [0.2, 0.25) is 0 Å². The highest BCUT2D eigenvalue weighted by molar-refractivity contribution is 7.17. The first-order valence-electron chi connectivity index (χ1n) is 5.03. The molecule has 2 N–H and O–H groups in total. The number of aromatic nitrogens is 1. The molecule has 0 amide bonds. The standard InChI is InChI=1S/C13H10N2S/c14-11-3-1-9(2-4-11)12-13-10(5-7-15-12)6-8-16-13/h1-8H,14H2. The molecule has 1 aromatic carbocycles. The largest absolute Gasteiger partial charge is 0.399 e. The zero-order chi connectivity index (χ0) is 11.0. The van der Waals surface area contributed by atoms with Gasteiger partial charge in [-0.15, -0.1) is 11.3 Å². The normalized spacial score (nSPS) is 10.8. The Morgan fingerprint density at radius 3 is 2.62 bits per heavy atom. The topological polar surface area (TPSA) is 38.9 Å². The number of nitrogens with zero attached hydrogens (tertiary/aromatic N) is 1. The molecule has 0 bridgehead atoms. The lowest BCUT2D eigenvalue weighted by molar-refractivity contribution is 1.37. The van der Waals surface area contributed by atoms with Gasteiger partial charge in [0.25, 0.3) is 0 Å².